The number of amides is 2. The smallest absolute Gasteiger partial charge is 0.340 e. The van der Waals surface area contributed by atoms with Crippen molar-refractivity contribution in [1.29, 1.82) is 0 Å². The number of carbonyl (C=O) groups is 3. The minimum Gasteiger partial charge on any atom is -0.462 e. The first-order valence-corrected chi connectivity index (χ1v) is 7.94. The second-order valence-corrected chi connectivity index (χ2v) is 5.22. The van der Waals surface area contributed by atoms with Gasteiger partial charge in [0, 0.05) is 19.7 Å². The lowest BCUT2D eigenvalue weighted by Crippen LogP contribution is -2.31. The molecule has 0 aromatic heterocycles. The van der Waals surface area contributed by atoms with Gasteiger partial charge in [-0.15, -0.1) is 6.58 Å². The van der Waals surface area contributed by atoms with Crippen molar-refractivity contribution in [3.05, 3.63) is 36.4 Å². The quantitative estimate of drug-likeness (QED) is 0.421. The molecule has 136 valence electrons. The summed E-state index contributed by atoms with van der Waals surface area (Å²) in [4.78, 5) is 37.0. The molecule has 25 heavy (non-hydrogen) atoms. The number of benzene rings is 1. The summed E-state index contributed by atoms with van der Waals surface area (Å²) in [5, 5.41) is 2.63. The Balaban J connectivity index is 3.04. The van der Waals surface area contributed by atoms with Crippen LogP contribution in [-0.2, 0) is 19.1 Å². The van der Waals surface area contributed by atoms with E-state index in [9.17, 15) is 14.4 Å². The lowest BCUT2D eigenvalue weighted by atomic mass is 10.1. The predicted octanol–water partition coefficient (Wildman–Crippen LogP) is 2.38. The highest BCUT2D eigenvalue weighted by Gasteiger charge is 2.20. The molecule has 7 heteroatoms. The van der Waals surface area contributed by atoms with E-state index in [1.807, 2.05) is 0 Å². The molecule has 0 saturated heterocycles. The van der Waals surface area contributed by atoms with E-state index in [-0.39, 0.29) is 30.6 Å². The van der Waals surface area contributed by atoms with Crippen LogP contribution < -0.4 is 10.2 Å². The molecule has 2 amide bonds. The number of nitrogens with zero attached hydrogens (tertiary/aromatic N) is 1. The molecule has 1 rings (SSSR count). The third-order valence-electron chi connectivity index (χ3n) is 3.24. The first-order chi connectivity index (χ1) is 11.9. The van der Waals surface area contributed by atoms with Crippen LogP contribution in [0, 0.1) is 0 Å². The second-order valence-electron chi connectivity index (χ2n) is 5.22. The zero-order valence-electron chi connectivity index (χ0n) is 14.8. The van der Waals surface area contributed by atoms with Crippen molar-refractivity contribution < 1.29 is 23.9 Å². The van der Waals surface area contributed by atoms with E-state index >= 15 is 0 Å². The summed E-state index contributed by atoms with van der Waals surface area (Å²) in [6.07, 6.45) is 2.34. The summed E-state index contributed by atoms with van der Waals surface area (Å²) in [5.74, 6) is -1.12. The fourth-order valence-electron chi connectivity index (χ4n) is 2.03. The first kappa shape index (κ1) is 20.4. The van der Waals surface area contributed by atoms with Gasteiger partial charge in [0.2, 0.25) is 5.91 Å². The van der Waals surface area contributed by atoms with E-state index in [1.54, 1.807) is 25.1 Å². The Morgan fingerprint density at radius 3 is 2.64 bits per heavy atom. The van der Waals surface area contributed by atoms with Crippen molar-refractivity contribution in [1.82, 2.24) is 0 Å². The highest BCUT2D eigenvalue weighted by molar-refractivity contribution is 6.04. The van der Waals surface area contributed by atoms with Crippen LogP contribution in [0.4, 0.5) is 11.4 Å². The van der Waals surface area contributed by atoms with Gasteiger partial charge in [-0.1, -0.05) is 6.08 Å². The molecule has 0 aliphatic heterocycles. The molecule has 0 aliphatic carbocycles. The van der Waals surface area contributed by atoms with E-state index in [1.165, 1.54) is 24.9 Å². The highest BCUT2D eigenvalue weighted by Crippen LogP contribution is 2.25. The van der Waals surface area contributed by atoms with Crippen LogP contribution in [0.5, 0.6) is 0 Å². The maximum atomic E-state index is 12.3. The van der Waals surface area contributed by atoms with Crippen LogP contribution >= 0.6 is 0 Å². The second kappa shape index (κ2) is 10.2. The normalized spacial score (nSPS) is 10.0. The van der Waals surface area contributed by atoms with Gasteiger partial charge in [-0.3, -0.25) is 9.59 Å². The van der Waals surface area contributed by atoms with Crippen LogP contribution in [0.15, 0.2) is 30.9 Å². The van der Waals surface area contributed by atoms with Crippen LogP contribution in [0.25, 0.3) is 0 Å². The predicted molar refractivity (Wildman–Crippen MR) is 95.7 cm³/mol. The van der Waals surface area contributed by atoms with E-state index in [2.05, 4.69) is 11.9 Å². The zero-order chi connectivity index (χ0) is 18.8. The molecular weight excluding hydrogens is 324 g/mol. The maximum absolute atomic E-state index is 12.3. The molecule has 0 bridgehead atoms. The van der Waals surface area contributed by atoms with Gasteiger partial charge < -0.3 is 19.7 Å². The summed E-state index contributed by atoms with van der Waals surface area (Å²) in [7, 11) is 1.54. The summed E-state index contributed by atoms with van der Waals surface area (Å²) in [6.45, 7) is 7.13. The summed E-state index contributed by atoms with van der Waals surface area (Å²) < 4.78 is 10.3. The van der Waals surface area contributed by atoms with Crippen LogP contribution in [0.3, 0.4) is 0 Å². The molecular formula is C18H24N2O5. The first-order valence-electron chi connectivity index (χ1n) is 7.94. The van der Waals surface area contributed by atoms with Crippen LogP contribution in [0.1, 0.15) is 30.6 Å². The summed E-state index contributed by atoms with van der Waals surface area (Å²) in [5.41, 5.74) is 1.04. The van der Waals surface area contributed by atoms with E-state index in [0.29, 0.717) is 24.4 Å². The lowest BCUT2D eigenvalue weighted by molar-refractivity contribution is -0.122. The Hall–Kier alpha value is -2.67. The fourth-order valence-corrected chi connectivity index (χ4v) is 2.03. The summed E-state index contributed by atoms with van der Waals surface area (Å²) >= 11 is 0. The van der Waals surface area contributed by atoms with Gasteiger partial charge in [0.15, 0.2) is 0 Å². The van der Waals surface area contributed by atoms with E-state index in [4.69, 9.17) is 9.47 Å². The molecule has 0 aliphatic rings. The van der Waals surface area contributed by atoms with Gasteiger partial charge >= 0.3 is 5.97 Å². The number of anilines is 2. The van der Waals surface area contributed by atoms with Gasteiger partial charge in [-0.25, -0.2) is 4.79 Å². The SMILES string of the molecule is C=CCCOCC(=O)N(C)c1cc(NC(C)=O)ccc1C(=O)OCC. The van der Waals surface area contributed by atoms with Crippen molar-refractivity contribution in [2.75, 3.05) is 37.1 Å². The topological polar surface area (TPSA) is 84.9 Å². The molecule has 1 aromatic carbocycles. The number of carbonyl (C=O) groups excluding carboxylic acids is 3. The number of esters is 1. The van der Waals surface area contributed by atoms with E-state index in [0.717, 1.165) is 0 Å². The third kappa shape index (κ3) is 6.39. The number of likely N-dealkylation sites (N-methyl/N-ethyl adjacent to an activating group) is 1. The van der Waals surface area contributed by atoms with Crippen molar-refractivity contribution in [3.8, 4) is 0 Å². The minimum absolute atomic E-state index is 0.128. The molecule has 7 nitrogen and oxygen atoms in total. The molecule has 0 spiro atoms. The number of ether oxygens (including phenoxy) is 2. The monoisotopic (exact) mass is 348 g/mol. The highest BCUT2D eigenvalue weighted by atomic mass is 16.5. The van der Waals surface area contributed by atoms with Crippen molar-refractivity contribution in [2.24, 2.45) is 0 Å². The van der Waals surface area contributed by atoms with Gasteiger partial charge in [0.1, 0.15) is 6.61 Å². The molecule has 0 radical (unpaired) electrons. The molecule has 0 atom stereocenters. The van der Waals surface area contributed by atoms with Crippen molar-refractivity contribution in [3.63, 3.8) is 0 Å². The molecule has 0 saturated carbocycles. The zero-order valence-corrected chi connectivity index (χ0v) is 14.8. The molecule has 1 aromatic rings. The fraction of sp³-hybridized carbons (Fsp3) is 0.389. The number of hydrogen-bond acceptors (Lipinski definition) is 5. The van der Waals surface area contributed by atoms with Gasteiger partial charge in [0.25, 0.3) is 5.91 Å². The lowest BCUT2D eigenvalue weighted by Gasteiger charge is -2.21. The average molecular weight is 348 g/mol. The Morgan fingerprint density at radius 1 is 1.32 bits per heavy atom. The Kier molecular flexibility index (Phi) is 8.35. The molecule has 0 unspecified atom stereocenters. The number of nitrogens with one attached hydrogen (secondary N) is 1. The number of rotatable bonds is 9. The van der Waals surface area contributed by atoms with Gasteiger partial charge in [-0.05, 0) is 31.5 Å². The summed E-state index contributed by atoms with van der Waals surface area (Å²) in [6, 6.07) is 4.65. The minimum atomic E-state index is -0.542. The largest absolute Gasteiger partial charge is 0.462 e. The van der Waals surface area contributed by atoms with Gasteiger partial charge in [0.05, 0.1) is 24.5 Å². The van der Waals surface area contributed by atoms with Gasteiger partial charge in [-0.2, -0.15) is 0 Å². The van der Waals surface area contributed by atoms with Crippen LogP contribution in [0.2, 0.25) is 0 Å². The molecule has 0 fully saturated rings. The average Bonchev–Trinajstić information content (AvgIpc) is 2.57. The number of hydrogen-bond donors (Lipinski definition) is 1. The standard InChI is InChI=1S/C18H24N2O5/c1-5-7-10-24-12-17(22)20(4)16-11-14(19-13(3)21)8-9-15(16)18(23)25-6-2/h5,8-9,11H,1,6-7,10,12H2,2-4H3,(H,19,21). The van der Waals surface area contributed by atoms with Crippen LogP contribution in [-0.4, -0.2) is 44.7 Å². The van der Waals surface area contributed by atoms with Crippen molar-refractivity contribution >= 4 is 29.2 Å². The van der Waals surface area contributed by atoms with E-state index < -0.39 is 5.97 Å². The Labute approximate surface area is 147 Å². The maximum Gasteiger partial charge on any atom is 0.340 e. The molecule has 1 N–H and O–H groups in total. The van der Waals surface area contributed by atoms with Crippen molar-refractivity contribution in [2.45, 2.75) is 20.3 Å². The Morgan fingerprint density at radius 2 is 2.04 bits per heavy atom. The Bertz CT molecular complexity index is 642. The third-order valence-corrected chi connectivity index (χ3v) is 3.24. The molecule has 0 heterocycles.